The maximum absolute atomic E-state index is 12.6. The predicted octanol–water partition coefficient (Wildman–Crippen LogP) is 0.969. The Morgan fingerprint density at radius 1 is 1.33 bits per heavy atom. The van der Waals surface area contributed by atoms with Gasteiger partial charge in [0.25, 0.3) is 0 Å². The van der Waals surface area contributed by atoms with Gasteiger partial charge in [-0.15, -0.1) is 0 Å². The minimum Gasteiger partial charge on any atom is -0.326 e. The first kappa shape index (κ1) is 15.0. The number of benzene rings is 1. The number of hydrogen-bond donors (Lipinski definition) is 2. The molecule has 0 saturated carbocycles. The first-order valence-electron chi connectivity index (χ1n) is 7.57. The standard InChI is InChI=1S/C15H23N3O2S/c1-11-4-5-13(9-12(11)10-16)21(19,20)17-14-6-8-18-7-2-3-15(14)18/h4-5,9,14-15,17H,2-3,6-8,10,16H2,1H3. The van der Waals surface area contributed by atoms with Crippen LogP contribution in [0.1, 0.15) is 30.4 Å². The van der Waals surface area contributed by atoms with Crippen molar-refractivity contribution in [1.29, 1.82) is 0 Å². The van der Waals surface area contributed by atoms with E-state index >= 15 is 0 Å². The lowest BCUT2D eigenvalue weighted by Crippen LogP contribution is -2.42. The molecule has 2 unspecified atom stereocenters. The largest absolute Gasteiger partial charge is 0.326 e. The number of sulfonamides is 1. The molecule has 5 nitrogen and oxygen atoms in total. The third-order valence-electron chi connectivity index (χ3n) is 4.76. The highest BCUT2D eigenvalue weighted by atomic mass is 32.2. The fourth-order valence-electron chi connectivity index (χ4n) is 3.52. The summed E-state index contributed by atoms with van der Waals surface area (Å²) in [5.41, 5.74) is 7.58. The highest BCUT2D eigenvalue weighted by Gasteiger charge is 2.39. The summed E-state index contributed by atoms with van der Waals surface area (Å²) in [5.74, 6) is 0. The first-order valence-corrected chi connectivity index (χ1v) is 9.05. The summed E-state index contributed by atoms with van der Waals surface area (Å²) in [6, 6.07) is 5.60. The molecule has 0 aliphatic carbocycles. The fourth-order valence-corrected chi connectivity index (χ4v) is 4.88. The quantitative estimate of drug-likeness (QED) is 0.869. The van der Waals surface area contributed by atoms with Crippen molar-refractivity contribution in [2.24, 2.45) is 5.73 Å². The van der Waals surface area contributed by atoms with Crippen LogP contribution in [-0.4, -0.2) is 38.5 Å². The molecule has 2 heterocycles. The minimum absolute atomic E-state index is 0.0418. The Bertz CT molecular complexity index is 630. The summed E-state index contributed by atoms with van der Waals surface area (Å²) >= 11 is 0. The number of hydrogen-bond acceptors (Lipinski definition) is 4. The van der Waals surface area contributed by atoms with Crippen molar-refractivity contribution in [2.75, 3.05) is 13.1 Å². The van der Waals surface area contributed by atoms with Crippen LogP contribution in [0.2, 0.25) is 0 Å². The Morgan fingerprint density at radius 2 is 2.14 bits per heavy atom. The van der Waals surface area contributed by atoms with Gasteiger partial charge >= 0.3 is 0 Å². The molecule has 0 bridgehead atoms. The third-order valence-corrected chi connectivity index (χ3v) is 6.25. The smallest absolute Gasteiger partial charge is 0.240 e. The van der Waals surface area contributed by atoms with Crippen molar-refractivity contribution >= 4 is 10.0 Å². The number of fused-ring (bicyclic) bond motifs is 1. The molecule has 2 saturated heterocycles. The van der Waals surface area contributed by atoms with Gasteiger partial charge < -0.3 is 5.73 Å². The van der Waals surface area contributed by atoms with Gasteiger partial charge in [-0.05, 0) is 56.0 Å². The van der Waals surface area contributed by atoms with Crippen molar-refractivity contribution in [3.63, 3.8) is 0 Å². The van der Waals surface area contributed by atoms with E-state index in [0.29, 0.717) is 17.5 Å². The highest BCUT2D eigenvalue weighted by molar-refractivity contribution is 7.89. The van der Waals surface area contributed by atoms with Crippen LogP contribution >= 0.6 is 0 Å². The second kappa shape index (κ2) is 5.68. The molecule has 1 aromatic rings. The number of nitrogens with zero attached hydrogens (tertiary/aromatic N) is 1. The molecule has 1 aromatic carbocycles. The van der Waals surface area contributed by atoms with Crippen LogP contribution in [-0.2, 0) is 16.6 Å². The van der Waals surface area contributed by atoms with Crippen LogP contribution in [0.3, 0.4) is 0 Å². The number of nitrogens with two attached hydrogens (primary N) is 1. The van der Waals surface area contributed by atoms with E-state index in [2.05, 4.69) is 9.62 Å². The van der Waals surface area contributed by atoms with Crippen LogP contribution < -0.4 is 10.5 Å². The zero-order valence-corrected chi connectivity index (χ0v) is 13.2. The topological polar surface area (TPSA) is 75.4 Å². The fraction of sp³-hybridized carbons (Fsp3) is 0.600. The Balaban J connectivity index is 1.81. The van der Waals surface area contributed by atoms with E-state index in [1.54, 1.807) is 12.1 Å². The number of rotatable bonds is 4. The average molecular weight is 309 g/mol. The highest BCUT2D eigenvalue weighted by Crippen LogP contribution is 2.29. The SMILES string of the molecule is Cc1ccc(S(=O)(=O)NC2CCN3CCCC23)cc1CN. The molecule has 0 amide bonds. The lowest BCUT2D eigenvalue weighted by atomic mass is 10.1. The summed E-state index contributed by atoms with van der Waals surface area (Å²) in [6.45, 7) is 4.40. The van der Waals surface area contributed by atoms with Crippen LogP contribution in [0, 0.1) is 6.92 Å². The van der Waals surface area contributed by atoms with E-state index in [9.17, 15) is 8.42 Å². The van der Waals surface area contributed by atoms with E-state index in [1.807, 2.05) is 13.0 Å². The van der Waals surface area contributed by atoms with Gasteiger partial charge in [0, 0.05) is 25.2 Å². The van der Waals surface area contributed by atoms with E-state index < -0.39 is 10.0 Å². The second-order valence-corrected chi connectivity index (χ2v) is 7.77. The molecule has 21 heavy (non-hydrogen) atoms. The Morgan fingerprint density at radius 3 is 2.90 bits per heavy atom. The molecule has 6 heteroatoms. The van der Waals surface area contributed by atoms with E-state index in [0.717, 1.165) is 37.1 Å². The predicted molar refractivity (Wildman–Crippen MR) is 82.4 cm³/mol. The van der Waals surface area contributed by atoms with E-state index in [4.69, 9.17) is 5.73 Å². The zero-order chi connectivity index (χ0) is 15.0. The lowest BCUT2D eigenvalue weighted by Gasteiger charge is -2.21. The van der Waals surface area contributed by atoms with Gasteiger partial charge in [0.2, 0.25) is 10.0 Å². The minimum atomic E-state index is -3.46. The van der Waals surface area contributed by atoms with Gasteiger partial charge in [0.05, 0.1) is 4.90 Å². The van der Waals surface area contributed by atoms with Gasteiger partial charge in [0.15, 0.2) is 0 Å². The van der Waals surface area contributed by atoms with Crippen LogP contribution in [0.15, 0.2) is 23.1 Å². The zero-order valence-electron chi connectivity index (χ0n) is 12.4. The number of aryl methyl sites for hydroxylation is 1. The summed E-state index contributed by atoms with van der Waals surface area (Å²) in [7, 11) is -3.46. The normalized spacial score (nSPS) is 26.2. The lowest BCUT2D eigenvalue weighted by molar-refractivity contribution is 0.309. The van der Waals surface area contributed by atoms with Gasteiger partial charge in [-0.25, -0.2) is 13.1 Å². The molecule has 0 aromatic heterocycles. The van der Waals surface area contributed by atoms with Crippen molar-refractivity contribution < 1.29 is 8.42 Å². The maximum atomic E-state index is 12.6. The molecule has 2 fully saturated rings. The molecule has 2 aliphatic rings. The summed E-state index contributed by atoms with van der Waals surface area (Å²) in [4.78, 5) is 2.72. The van der Waals surface area contributed by atoms with Gasteiger partial charge in [-0.2, -0.15) is 0 Å². The van der Waals surface area contributed by atoms with E-state index in [-0.39, 0.29) is 6.04 Å². The molecule has 2 aliphatic heterocycles. The molecular formula is C15H23N3O2S. The van der Waals surface area contributed by atoms with Crippen molar-refractivity contribution in [3.8, 4) is 0 Å². The Hall–Kier alpha value is -0.950. The summed E-state index contributed by atoms with van der Waals surface area (Å²) < 4.78 is 28.1. The monoisotopic (exact) mass is 309 g/mol. The third kappa shape index (κ3) is 2.85. The van der Waals surface area contributed by atoms with Gasteiger partial charge in [0.1, 0.15) is 0 Å². The van der Waals surface area contributed by atoms with Crippen molar-refractivity contribution in [2.45, 2.75) is 49.7 Å². The van der Waals surface area contributed by atoms with Crippen molar-refractivity contribution in [1.82, 2.24) is 9.62 Å². The Kier molecular flexibility index (Phi) is 4.05. The summed E-state index contributed by atoms with van der Waals surface area (Å²) in [5, 5.41) is 0. The second-order valence-electron chi connectivity index (χ2n) is 6.05. The molecule has 3 N–H and O–H groups in total. The molecule has 0 spiro atoms. The van der Waals surface area contributed by atoms with Crippen molar-refractivity contribution in [3.05, 3.63) is 29.3 Å². The molecule has 2 atom stereocenters. The molecule has 3 rings (SSSR count). The number of nitrogens with one attached hydrogen (secondary N) is 1. The Labute approximate surface area is 126 Å². The van der Waals surface area contributed by atoms with Crippen LogP contribution in [0.4, 0.5) is 0 Å². The average Bonchev–Trinajstić information content (AvgIpc) is 3.04. The first-order chi connectivity index (χ1) is 10.0. The summed E-state index contributed by atoms with van der Waals surface area (Å²) in [6.07, 6.45) is 3.17. The van der Waals surface area contributed by atoms with Crippen LogP contribution in [0.5, 0.6) is 0 Å². The van der Waals surface area contributed by atoms with E-state index in [1.165, 1.54) is 6.42 Å². The van der Waals surface area contributed by atoms with Gasteiger partial charge in [-0.3, -0.25) is 4.90 Å². The molecule has 0 radical (unpaired) electrons. The molecule has 116 valence electrons. The van der Waals surface area contributed by atoms with Crippen LogP contribution in [0.25, 0.3) is 0 Å². The molecular weight excluding hydrogens is 286 g/mol. The maximum Gasteiger partial charge on any atom is 0.240 e. The van der Waals surface area contributed by atoms with Gasteiger partial charge in [-0.1, -0.05) is 6.07 Å².